The maximum Gasteiger partial charge on any atom is 0.261 e. The molecule has 1 aliphatic rings. The van der Waals surface area contributed by atoms with Gasteiger partial charge in [0.2, 0.25) is 5.91 Å². The van der Waals surface area contributed by atoms with Crippen LogP contribution < -0.4 is 10.1 Å². The van der Waals surface area contributed by atoms with E-state index in [4.69, 9.17) is 27.9 Å². The van der Waals surface area contributed by atoms with Crippen LogP contribution in [0.4, 0.5) is 0 Å². The summed E-state index contributed by atoms with van der Waals surface area (Å²) in [7, 11) is 0. The quantitative estimate of drug-likeness (QED) is 0.583. The molecule has 1 fully saturated rings. The molecule has 1 saturated carbocycles. The summed E-state index contributed by atoms with van der Waals surface area (Å²) in [5.41, 5.74) is 0.848. The number of nitrogens with one attached hydrogen (secondary N) is 1. The van der Waals surface area contributed by atoms with Crippen molar-refractivity contribution in [2.45, 2.75) is 57.7 Å². The first-order valence-corrected chi connectivity index (χ1v) is 11.4. The second kappa shape index (κ2) is 11.4. The van der Waals surface area contributed by atoms with Gasteiger partial charge in [-0.1, -0.05) is 60.7 Å². The second-order valence-electron chi connectivity index (χ2n) is 7.92. The van der Waals surface area contributed by atoms with E-state index in [2.05, 4.69) is 5.32 Å². The Morgan fingerprint density at radius 2 is 1.74 bits per heavy atom. The average Bonchev–Trinajstić information content (AvgIpc) is 2.76. The molecule has 0 radical (unpaired) electrons. The minimum absolute atomic E-state index is 0.148. The molecule has 5 nitrogen and oxygen atoms in total. The Labute approximate surface area is 193 Å². The molecule has 2 aromatic rings. The van der Waals surface area contributed by atoms with Crippen LogP contribution in [0.1, 0.15) is 44.6 Å². The fraction of sp³-hybridized carbons (Fsp3) is 0.417. The van der Waals surface area contributed by atoms with E-state index in [-0.39, 0.29) is 31.0 Å². The first-order valence-electron chi connectivity index (χ1n) is 10.6. The van der Waals surface area contributed by atoms with Crippen molar-refractivity contribution in [1.82, 2.24) is 10.2 Å². The molecule has 0 saturated heterocycles. The molecule has 3 rings (SSSR count). The lowest BCUT2D eigenvalue weighted by Crippen LogP contribution is -2.51. The highest BCUT2D eigenvalue weighted by Crippen LogP contribution is 2.20. The summed E-state index contributed by atoms with van der Waals surface area (Å²) in [5.74, 6) is 0.0687. The Kier molecular flexibility index (Phi) is 8.61. The summed E-state index contributed by atoms with van der Waals surface area (Å²) in [6, 6.07) is 13.7. The molecule has 1 atom stereocenters. The number of carbonyl (C=O) groups excluding carboxylic acids is 2. The predicted molar refractivity (Wildman–Crippen MR) is 123 cm³/mol. The van der Waals surface area contributed by atoms with E-state index in [9.17, 15) is 9.59 Å². The van der Waals surface area contributed by atoms with Gasteiger partial charge in [-0.15, -0.1) is 0 Å². The van der Waals surface area contributed by atoms with Gasteiger partial charge in [0.1, 0.15) is 11.8 Å². The van der Waals surface area contributed by atoms with Crippen LogP contribution >= 0.6 is 23.2 Å². The van der Waals surface area contributed by atoms with Crippen LogP contribution in [0.15, 0.2) is 48.5 Å². The van der Waals surface area contributed by atoms with Crippen LogP contribution in [0.3, 0.4) is 0 Å². The van der Waals surface area contributed by atoms with Crippen molar-refractivity contribution in [2.24, 2.45) is 0 Å². The number of rotatable bonds is 8. The molecule has 0 aliphatic heterocycles. The van der Waals surface area contributed by atoms with Crippen LogP contribution in [0, 0.1) is 0 Å². The topological polar surface area (TPSA) is 58.6 Å². The Bertz CT molecular complexity index is 900. The minimum Gasteiger partial charge on any atom is -0.484 e. The Morgan fingerprint density at radius 3 is 2.42 bits per heavy atom. The van der Waals surface area contributed by atoms with Crippen molar-refractivity contribution in [3.05, 3.63) is 64.1 Å². The molecule has 2 amide bonds. The van der Waals surface area contributed by atoms with Gasteiger partial charge in [-0.2, -0.15) is 0 Å². The van der Waals surface area contributed by atoms with Crippen molar-refractivity contribution in [1.29, 1.82) is 0 Å². The van der Waals surface area contributed by atoms with Crippen molar-refractivity contribution in [2.75, 3.05) is 6.61 Å². The number of amides is 2. The number of carbonyl (C=O) groups is 2. The maximum atomic E-state index is 13.1. The third kappa shape index (κ3) is 7.15. The Balaban J connectivity index is 1.70. The van der Waals surface area contributed by atoms with Gasteiger partial charge < -0.3 is 15.0 Å². The minimum atomic E-state index is -0.642. The monoisotopic (exact) mass is 462 g/mol. The molecule has 31 heavy (non-hydrogen) atoms. The zero-order valence-electron chi connectivity index (χ0n) is 17.7. The van der Waals surface area contributed by atoms with Crippen LogP contribution in [0.2, 0.25) is 10.0 Å². The molecule has 0 spiro atoms. The van der Waals surface area contributed by atoms with Gasteiger partial charge in [-0.05, 0) is 55.7 Å². The van der Waals surface area contributed by atoms with Gasteiger partial charge in [0.15, 0.2) is 6.61 Å². The summed E-state index contributed by atoms with van der Waals surface area (Å²) < 4.78 is 5.64. The lowest BCUT2D eigenvalue weighted by molar-refractivity contribution is -0.142. The highest BCUT2D eigenvalue weighted by atomic mass is 35.5. The summed E-state index contributed by atoms with van der Waals surface area (Å²) in [5, 5.41) is 4.23. The van der Waals surface area contributed by atoms with Crippen molar-refractivity contribution in [3.8, 4) is 5.75 Å². The molecule has 0 heterocycles. The Morgan fingerprint density at radius 1 is 1.06 bits per heavy atom. The van der Waals surface area contributed by atoms with E-state index in [1.54, 1.807) is 43.3 Å². The van der Waals surface area contributed by atoms with E-state index in [1.807, 2.05) is 12.1 Å². The number of hydrogen-bond acceptors (Lipinski definition) is 3. The first kappa shape index (κ1) is 23.4. The van der Waals surface area contributed by atoms with E-state index >= 15 is 0 Å². The molecule has 1 unspecified atom stereocenters. The van der Waals surface area contributed by atoms with E-state index in [0.29, 0.717) is 15.8 Å². The number of halogens is 2. The highest BCUT2D eigenvalue weighted by molar-refractivity contribution is 6.30. The summed E-state index contributed by atoms with van der Waals surface area (Å²) in [6.45, 7) is 1.82. The number of benzene rings is 2. The fourth-order valence-electron chi connectivity index (χ4n) is 3.77. The summed E-state index contributed by atoms with van der Waals surface area (Å²) in [4.78, 5) is 27.6. The molecule has 0 aromatic heterocycles. The normalized spacial score (nSPS) is 15.2. The number of nitrogens with zero attached hydrogens (tertiary/aromatic N) is 1. The van der Waals surface area contributed by atoms with Crippen molar-refractivity contribution in [3.63, 3.8) is 0 Å². The van der Waals surface area contributed by atoms with Gasteiger partial charge >= 0.3 is 0 Å². The van der Waals surface area contributed by atoms with Gasteiger partial charge in [0, 0.05) is 22.6 Å². The van der Waals surface area contributed by atoms with Crippen molar-refractivity contribution >= 4 is 35.0 Å². The predicted octanol–water partition coefficient (Wildman–Crippen LogP) is 5.24. The lowest BCUT2D eigenvalue weighted by atomic mass is 9.95. The molecule has 1 aliphatic carbocycles. The summed E-state index contributed by atoms with van der Waals surface area (Å²) >= 11 is 12.1. The van der Waals surface area contributed by atoms with Crippen molar-refractivity contribution < 1.29 is 14.3 Å². The van der Waals surface area contributed by atoms with Crippen LogP contribution in [-0.4, -0.2) is 35.4 Å². The third-order valence-electron chi connectivity index (χ3n) is 5.52. The SMILES string of the molecule is CC(C(=O)NC1CCCCC1)N(Cc1cccc(Cl)c1)C(=O)COc1cccc(Cl)c1. The Hall–Kier alpha value is -2.24. The fourth-order valence-corrected chi connectivity index (χ4v) is 4.16. The number of ether oxygens (including phenoxy) is 1. The standard InChI is InChI=1S/C24H28Cl2N2O3/c1-17(24(30)27-21-10-3-2-4-11-21)28(15-18-7-5-8-19(25)13-18)23(29)16-31-22-12-6-9-20(26)14-22/h5-9,12-14,17,21H,2-4,10-11,15-16H2,1H3,(H,27,30). The van der Waals surface area contributed by atoms with Crippen LogP contribution in [0.5, 0.6) is 5.75 Å². The molecule has 0 bridgehead atoms. The molecule has 2 aromatic carbocycles. The van der Waals surface area contributed by atoms with Crippen LogP contribution in [-0.2, 0) is 16.1 Å². The lowest BCUT2D eigenvalue weighted by Gasteiger charge is -2.31. The smallest absolute Gasteiger partial charge is 0.261 e. The summed E-state index contributed by atoms with van der Waals surface area (Å²) in [6.07, 6.45) is 5.43. The molecule has 1 N–H and O–H groups in total. The molecule has 166 valence electrons. The molecular weight excluding hydrogens is 435 g/mol. The molecular formula is C24H28Cl2N2O3. The first-order chi connectivity index (χ1) is 14.9. The van der Waals surface area contributed by atoms with E-state index < -0.39 is 6.04 Å². The molecule has 7 heteroatoms. The number of hydrogen-bond donors (Lipinski definition) is 1. The zero-order valence-corrected chi connectivity index (χ0v) is 19.2. The van der Waals surface area contributed by atoms with Crippen LogP contribution in [0.25, 0.3) is 0 Å². The van der Waals surface area contributed by atoms with Gasteiger partial charge in [0.25, 0.3) is 5.91 Å². The highest BCUT2D eigenvalue weighted by Gasteiger charge is 2.28. The average molecular weight is 463 g/mol. The van der Waals surface area contributed by atoms with Gasteiger partial charge in [-0.3, -0.25) is 9.59 Å². The maximum absolute atomic E-state index is 13.1. The third-order valence-corrected chi connectivity index (χ3v) is 5.99. The van der Waals surface area contributed by atoms with E-state index in [1.165, 1.54) is 11.3 Å². The second-order valence-corrected chi connectivity index (χ2v) is 8.79. The van der Waals surface area contributed by atoms with Gasteiger partial charge in [0.05, 0.1) is 0 Å². The largest absolute Gasteiger partial charge is 0.484 e. The van der Waals surface area contributed by atoms with E-state index in [0.717, 1.165) is 31.2 Å². The van der Waals surface area contributed by atoms with Gasteiger partial charge in [-0.25, -0.2) is 0 Å². The zero-order chi connectivity index (χ0) is 22.2.